The third-order valence-electron chi connectivity index (χ3n) is 0. The van der Waals surface area contributed by atoms with E-state index in [4.69, 9.17) is 0 Å². The minimum Gasteiger partial charge on any atom is 0 e. The maximum Gasteiger partial charge on any atom is 0 e. The van der Waals surface area contributed by atoms with Crippen molar-refractivity contribution in [1.29, 1.82) is 0 Å². The molecule has 0 unspecified atom stereocenters. The van der Waals surface area contributed by atoms with Crippen LogP contribution < -0.4 is 0 Å². The van der Waals surface area contributed by atoms with Crippen molar-refractivity contribution in [2.24, 2.45) is 0 Å². The van der Waals surface area contributed by atoms with Crippen molar-refractivity contribution < 1.29 is 0 Å². The van der Waals surface area contributed by atoms with Gasteiger partial charge in [-0.3, -0.25) is 0 Å². The zero-order chi connectivity index (χ0) is 0. The molecule has 8 heteroatoms. The zero-order valence-corrected chi connectivity index (χ0v) is 23.7. The number of rotatable bonds is 0. The summed E-state index contributed by atoms with van der Waals surface area (Å²) in [6, 6.07) is 0. The molecule has 0 saturated heterocycles. The van der Waals surface area contributed by atoms with E-state index < -0.39 is 0 Å². The van der Waals surface area contributed by atoms with E-state index >= 15 is 0 Å². The van der Waals surface area contributed by atoms with Gasteiger partial charge in [0.25, 0.3) is 0 Å². The van der Waals surface area contributed by atoms with E-state index in [1.54, 1.807) is 0 Å². The molecule has 0 amide bonds. The van der Waals surface area contributed by atoms with E-state index in [2.05, 4.69) is 0 Å². The minimum atomic E-state index is 0. The number of hydrogen-bond acceptors (Lipinski definition) is 0. The predicted octanol–water partition coefficient (Wildman–Crippen LogP) is -3.05. The van der Waals surface area contributed by atoms with E-state index in [1.165, 1.54) is 0 Å². The Morgan fingerprint density at radius 2 is 0.250 bits per heavy atom. The quantitative estimate of drug-likeness (QED) is 0.332. The Morgan fingerprint density at radius 3 is 0.250 bits per heavy atom. The van der Waals surface area contributed by atoms with Crippen LogP contribution in [0.1, 0.15) is 0 Å². The van der Waals surface area contributed by atoms with Gasteiger partial charge in [0.05, 0.1) is 0 Å². The third-order valence-corrected chi connectivity index (χ3v) is 0. The molecule has 0 rings (SSSR count). The second kappa shape index (κ2) is 48.4. The van der Waals surface area contributed by atoms with Crippen molar-refractivity contribution >= 4 is 212 Å². The molecule has 0 fully saturated rings. The first-order valence-corrected chi connectivity index (χ1v) is 0. The maximum atomic E-state index is 0. The van der Waals surface area contributed by atoms with Crippen LogP contribution in [0.3, 0.4) is 0 Å². The van der Waals surface area contributed by atoms with E-state index in [0.717, 1.165) is 0 Å². The summed E-state index contributed by atoms with van der Waals surface area (Å²) in [7, 11) is 0. The fourth-order valence-electron chi connectivity index (χ4n) is 0. The fraction of sp³-hybridized carbons (Fsp3) is 0. The van der Waals surface area contributed by atoms with Gasteiger partial charge in [0, 0.05) is 212 Å². The Labute approximate surface area is 206 Å². The van der Waals surface area contributed by atoms with E-state index in [-0.39, 0.29) is 212 Å². The van der Waals surface area contributed by atoms with Crippen molar-refractivity contribution in [3.8, 4) is 0 Å². The van der Waals surface area contributed by atoms with Crippen molar-refractivity contribution in [3.63, 3.8) is 0 Å². The van der Waals surface area contributed by atoms with E-state index in [0.29, 0.717) is 0 Å². The molecule has 0 atom stereocenters. The van der Waals surface area contributed by atoms with Crippen LogP contribution in [0.15, 0.2) is 0 Å². The summed E-state index contributed by atoms with van der Waals surface area (Å²) in [5, 5.41) is 0. The Balaban J connectivity index is 0. The van der Waals surface area contributed by atoms with Gasteiger partial charge >= 0.3 is 0 Å². The van der Waals surface area contributed by atoms with Crippen LogP contribution >= 0.6 is 0 Å². The van der Waals surface area contributed by atoms with Gasteiger partial charge in [-0.25, -0.2) is 0 Å². The minimum absolute atomic E-state index is 0. The van der Waals surface area contributed by atoms with Gasteiger partial charge < -0.3 is 0 Å². The molecule has 0 aliphatic heterocycles. The average Bonchev–Trinajstić information content (AvgIpc) is 0. The first kappa shape index (κ1) is 60.2. The van der Waals surface area contributed by atoms with Crippen LogP contribution in [0.5, 0.6) is 0 Å². The molecule has 0 aliphatic carbocycles. The number of hydrogen-bond donors (Lipinski definition) is 0. The monoisotopic (exact) mass is 465 g/mol. The first-order chi connectivity index (χ1) is 0. The van der Waals surface area contributed by atoms with Crippen LogP contribution in [0.4, 0.5) is 0 Å². The van der Waals surface area contributed by atoms with Gasteiger partial charge in [0.2, 0.25) is 0 Å². The molecule has 0 aromatic rings. The first-order valence-electron chi connectivity index (χ1n) is 0. The molecule has 21 valence electrons. The van der Waals surface area contributed by atoms with Crippen molar-refractivity contribution in [1.82, 2.24) is 0 Å². The molecule has 0 aromatic carbocycles. The molecular formula is Ca3Ga5. The molecule has 0 spiro atoms. The normalized spacial score (nSPS) is 0. The van der Waals surface area contributed by atoms with Crippen molar-refractivity contribution in [2.45, 2.75) is 0 Å². The van der Waals surface area contributed by atoms with Crippen LogP contribution in [-0.4, -0.2) is 212 Å². The van der Waals surface area contributed by atoms with Gasteiger partial charge in [-0.05, 0) is 0 Å². The second-order valence-electron chi connectivity index (χ2n) is 0. The smallest absolute Gasteiger partial charge is 0 e. The summed E-state index contributed by atoms with van der Waals surface area (Å²) in [5.74, 6) is 0. The Kier molecular flexibility index (Phi) is 364. The zero-order valence-electron chi connectivity index (χ0n) is 5.01. The Bertz CT molecular complexity index is 7.64. The summed E-state index contributed by atoms with van der Waals surface area (Å²) in [5.41, 5.74) is 0. The summed E-state index contributed by atoms with van der Waals surface area (Å²) < 4.78 is 0. The van der Waals surface area contributed by atoms with E-state index in [1.807, 2.05) is 0 Å². The molecule has 0 saturated carbocycles. The molecule has 0 heterocycles. The average molecular weight is 469 g/mol. The largest absolute Gasteiger partial charge is 0 e. The summed E-state index contributed by atoms with van der Waals surface area (Å²) in [4.78, 5) is 0. The van der Waals surface area contributed by atoms with Crippen LogP contribution in [-0.2, 0) is 0 Å². The molecule has 21 radical (unpaired) electrons. The van der Waals surface area contributed by atoms with Gasteiger partial charge in [-0.1, -0.05) is 0 Å². The molecule has 8 heavy (non-hydrogen) atoms. The van der Waals surface area contributed by atoms with Crippen molar-refractivity contribution in [2.75, 3.05) is 0 Å². The molecule has 0 bridgehead atoms. The van der Waals surface area contributed by atoms with Crippen molar-refractivity contribution in [3.05, 3.63) is 0 Å². The summed E-state index contributed by atoms with van der Waals surface area (Å²) in [6.45, 7) is 0. The maximum absolute atomic E-state index is 0. The van der Waals surface area contributed by atoms with Gasteiger partial charge in [-0.2, -0.15) is 0 Å². The molecule has 0 nitrogen and oxygen atoms in total. The summed E-state index contributed by atoms with van der Waals surface area (Å²) >= 11 is 0. The standard InChI is InChI=1S/3Ca.5Ga. The predicted molar refractivity (Wildman–Crippen MR) is 46.0 cm³/mol. The van der Waals surface area contributed by atoms with Gasteiger partial charge in [0.1, 0.15) is 0 Å². The Morgan fingerprint density at radius 1 is 0.250 bits per heavy atom. The summed E-state index contributed by atoms with van der Waals surface area (Å²) in [6.07, 6.45) is 0. The topological polar surface area (TPSA) is 0 Å². The molecular weight excluding hydrogens is 469 g/mol. The van der Waals surface area contributed by atoms with Gasteiger partial charge in [-0.15, -0.1) is 0 Å². The molecule has 0 aliphatic rings. The second-order valence-corrected chi connectivity index (χ2v) is 0. The van der Waals surface area contributed by atoms with Crippen LogP contribution in [0, 0.1) is 0 Å². The third kappa shape index (κ3) is 38.3. The fourth-order valence-corrected chi connectivity index (χ4v) is 0. The molecule has 0 aromatic heterocycles. The SMILES string of the molecule is [Ca].[Ca].[Ca].[Ga].[Ga].[Ga].[Ga].[Ga]. The molecule has 0 N–H and O–H groups in total. The Hall–Kier alpha value is 6.96. The van der Waals surface area contributed by atoms with Crippen LogP contribution in [0.25, 0.3) is 0 Å². The van der Waals surface area contributed by atoms with Crippen LogP contribution in [0.2, 0.25) is 0 Å². The van der Waals surface area contributed by atoms with Gasteiger partial charge in [0.15, 0.2) is 0 Å². The van der Waals surface area contributed by atoms with E-state index in [9.17, 15) is 0 Å².